The molecular weight excluding hydrogens is 218 g/mol. The lowest BCUT2D eigenvalue weighted by Gasteiger charge is -2.11. The third kappa shape index (κ3) is 3.51. The van der Waals surface area contributed by atoms with Crippen molar-refractivity contribution in [3.63, 3.8) is 0 Å². The zero-order valence-electron chi connectivity index (χ0n) is 10.6. The normalized spacial score (nSPS) is 23.1. The van der Waals surface area contributed by atoms with Gasteiger partial charge in [0.2, 0.25) is 5.89 Å². The van der Waals surface area contributed by atoms with Crippen LogP contribution in [0.15, 0.2) is 4.52 Å². The van der Waals surface area contributed by atoms with Gasteiger partial charge in [-0.05, 0) is 32.4 Å². The van der Waals surface area contributed by atoms with Crippen LogP contribution >= 0.6 is 0 Å². The maximum atomic E-state index is 9.23. The molecule has 0 spiro atoms. The standard InChI is InChI=1S/C12H21N3O2/c1-3-15-5-4-10(8-15)7-11-13-12(17-14-11)6-9(2)16/h9-10,16H,3-8H2,1-2H3. The van der Waals surface area contributed by atoms with Crippen molar-refractivity contribution in [3.8, 4) is 0 Å². The Bertz CT molecular complexity index is 351. The van der Waals surface area contributed by atoms with E-state index in [1.54, 1.807) is 6.92 Å². The van der Waals surface area contributed by atoms with Gasteiger partial charge in [0.05, 0.1) is 12.5 Å². The van der Waals surface area contributed by atoms with E-state index >= 15 is 0 Å². The fourth-order valence-electron chi connectivity index (χ4n) is 2.33. The summed E-state index contributed by atoms with van der Waals surface area (Å²) in [7, 11) is 0. The van der Waals surface area contributed by atoms with Crippen LogP contribution < -0.4 is 0 Å². The summed E-state index contributed by atoms with van der Waals surface area (Å²) in [6.45, 7) is 7.35. The van der Waals surface area contributed by atoms with Crippen molar-refractivity contribution in [2.75, 3.05) is 19.6 Å². The number of rotatable bonds is 5. The number of nitrogens with zero attached hydrogens (tertiary/aromatic N) is 3. The fraction of sp³-hybridized carbons (Fsp3) is 0.833. The molecule has 1 saturated heterocycles. The van der Waals surface area contributed by atoms with Crippen molar-refractivity contribution in [1.29, 1.82) is 0 Å². The zero-order chi connectivity index (χ0) is 12.3. The predicted molar refractivity (Wildman–Crippen MR) is 63.6 cm³/mol. The molecular formula is C12H21N3O2. The van der Waals surface area contributed by atoms with Crippen molar-refractivity contribution in [3.05, 3.63) is 11.7 Å². The average molecular weight is 239 g/mol. The number of aliphatic hydroxyl groups is 1. The summed E-state index contributed by atoms with van der Waals surface area (Å²) < 4.78 is 5.10. The molecule has 1 aromatic heterocycles. The molecule has 0 saturated carbocycles. The SMILES string of the molecule is CCN1CCC(Cc2noc(CC(C)O)n2)C1. The molecule has 2 atom stereocenters. The summed E-state index contributed by atoms with van der Waals surface area (Å²) in [6, 6.07) is 0. The number of aliphatic hydroxyl groups excluding tert-OH is 1. The average Bonchev–Trinajstić information content (AvgIpc) is 2.88. The molecule has 2 rings (SSSR count). The van der Waals surface area contributed by atoms with Crippen LogP contribution in [0.25, 0.3) is 0 Å². The highest BCUT2D eigenvalue weighted by molar-refractivity contribution is 4.91. The van der Waals surface area contributed by atoms with Gasteiger partial charge in [0.25, 0.3) is 0 Å². The molecule has 17 heavy (non-hydrogen) atoms. The van der Waals surface area contributed by atoms with Gasteiger partial charge in [-0.1, -0.05) is 12.1 Å². The van der Waals surface area contributed by atoms with Gasteiger partial charge in [-0.2, -0.15) is 4.98 Å². The third-order valence-corrected chi connectivity index (χ3v) is 3.27. The van der Waals surface area contributed by atoms with E-state index in [0.717, 1.165) is 25.3 Å². The second-order valence-electron chi connectivity index (χ2n) is 4.91. The number of hydrogen-bond donors (Lipinski definition) is 1. The lowest BCUT2D eigenvalue weighted by atomic mass is 10.1. The minimum atomic E-state index is -0.426. The Kier molecular flexibility index (Phi) is 4.12. The summed E-state index contributed by atoms with van der Waals surface area (Å²) >= 11 is 0. The highest BCUT2D eigenvalue weighted by atomic mass is 16.5. The van der Waals surface area contributed by atoms with Crippen LogP contribution in [0.3, 0.4) is 0 Å². The van der Waals surface area contributed by atoms with Gasteiger partial charge in [-0.15, -0.1) is 0 Å². The van der Waals surface area contributed by atoms with Crippen LogP contribution in [0.5, 0.6) is 0 Å². The first-order valence-corrected chi connectivity index (χ1v) is 6.39. The maximum absolute atomic E-state index is 9.23. The molecule has 1 N–H and O–H groups in total. The Labute approximate surface area is 102 Å². The fourth-order valence-corrected chi connectivity index (χ4v) is 2.33. The Hall–Kier alpha value is -0.940. The minimum absolute atomic E-state index is 0.426. The van der Waals surface area contributed by atoms with Crippen LogP contribution in [-0.4, -0.2) is 45.9 Å². The summed E-state index contributed by atoms with van der Waals surface area (Å²) in [6.07, 6.45) is 2.12. The Morgan fingerprint density at radius 2 is 2.41 bits per heavy atom. The molecule has 96 valence electrons. The van der Waals surface area contributed by atoms with Crippen LogP contribution in [0.4, 0.5) is 0 Å². The first-order valence-electron chi connectivity index (χ1n) is 6.39. The molecule has 5 heteroatoms. The Morgan fingerprint density at radius 1 is 1.59 bits per heavy atom. The molecule has 0 aromatic carbocycles. The topological polar surface area (TPSA) is 62.4 Å². The monoisotopic (exact) mass is 239 g/mol. The van der Waals surface area contributed by atoms with Crippen molar-refractivity contribution in [2.45, 2.75) is 39.2 Å². The highest BCUT2D eigenvalue weighted by Gasteiger charge is 2.23. The third-order valence-electron chi connectivity index (χ3n) is 3.27. The van der Waals surface area contributed by atoms with Gasteiger partial charge in [0, 0.05) is 13.0 Å². The van der Waals surface area contributed by atoms with Gasteiger partial charge in [0.15, 0.2) is 5.82 Å². The second kappa shape index (κ2) is 5.60. The summed E-state index contributed by atoms with van der Waals surface area (Å²) in [5.74, 6) is 1.97. The quantitative estimate of drug-likeness (QED) is 0.826. The van der Waals surface area contributed by atoms with E-state index in [1.807, 2.05) is 0 Å². The highest BCUT2D eigenvalue weighted by Crippen LogP contribution is 2.19. The maximum Gasteiger partial charge on any atom is 0.229 e. The summed E-state index contributed by atoms with van der Waals surface area (Å²) in [5.41, 5.74) is 0. The van der Waals surface area contributed by atoms with E-state index in [9.17, 15) is 5.11 Å². The van der Waals surface area contributed by atoms with E-state index in [2.05, 4.69) is 22.0 Å². The largest absolute Gasteiger partial charge is 0.393 e. The van der Waals surface area contributed by atoms with Gasteiger partial charge >= 0.3 is 0 Å². The number of aromatic nitrogens is 2. The van der Waals surface area contributed by atoms with Gasteiger partial charge in [0.1, 0.15) is 0 Å². The summed E-state index contributed by atoms with van der Waals surface area (Å²) in [5, 5.41) is 13.2. The van der Waals surface area contributed by atoms with Crippen molar-refractivity contribution in [1.82, 2.24) is 15.0 Å². The van der Waals surface area contributed by atoms with Gasteiger partial charge in [-0.3, -0.25) is 0 Å². The minimum Gasteiger partial charge on any atom is -0.393 e. The molecule has 2 unspecified atom stereocenters. The predicted octanol–water partition coefficient (Wildman–Crippen LogP) is 0.877. The van der Waals surface area contributed by atoms with Crippen LogP contribution in [-0.2, 0) is 12.8 Å². The Morgan fingerprint density at radius 3 is 3.06 bits per heavy atom. The Balaban J connectivity index is 1.85. The lowest BCUT2D eigenvalue weighted by Crippen LogP contribution is -2.20. The van der Waals surface area contributed by atoms with Crippen molar-refractivity contribution in [2.24, 2.45) is 5.92 Å². The van der Waals surface area contributed by atoms with Gasteiger partial charge < -0.3 is 14.5 Å². The summed E-state index contributed by atoms with van der Waals surface area (Å²) in [4.78, 5) is 6.75. The second-order valence-corrected chi connectivity index (χ2v) is 4.91. The van der Waals surface area contributed by atoms with Crippen molar-refractivity contribution >= 4 is 0 Å². The van der Waals surface area contributed by atoms with Gasteiger partial charge in [-0.25, -0.2) is 0 Å². The molecule has 1 aliphatic heterocycles. The number of likely N-dealkylation sites (tertiary alicyclic amines) is 1. The smallest absolute Gasteiger partial charge is 0.229 e. The van der Waals surface area contributed by atoms with E-state index in [4.69, 9.17) is 4.52 Å². The van der Waals surface area contributed by atoms with Crippen LogP contribution in [0, 0.1) is 5.92 Å². The first kappa shape index (κ1) is 12.5. The molecule has 1 aromatic rings. The van der Waals surface area contributed by atoms with Crippen LogP contribution in [0.1, 0.15) is 32.0 Å². The van der Waals surface area contributed by atoms with E-state index < -0.39 is 6.10 Å². The van der Waals surface area contributed by atoms with E-state index in [1.165, 1.54) is 13.0 Å². The van der Waals surface area contributed by atoms with E-state index in [-0.39, 0.29) is 0 Å². The molecule has 0 radical (unpaired) electrons. The lowest BCUT2D eigenvalue weighted by molar-refractivity contribution is 0.181. The number of hydrogen-bond acceptors (Lipinski definition) is 5. The molecule has 0 bridgehead atoms. The zero-order valence-corrected chi connectivity index (χ0v) is 10.6. The van der Waals surface area contributed by atoms with Crippen molar-refractivity contribution < 1.29 is 9.63 Å². The molecule has 0 aliphatic carbocycles. The molecule has 2 heterocycles. The molecule has 1 fully saturated rings. The molecule has 1 aliphatic rings. The molecule has 5 nitrogen and oxygen atoms in total. The van der Waals surface area contributed by atoms with Crippen LogP contribution in [0.2, 0.25) is 0 Å². The molecule has 0 amide bonds. The van der Waals surface area contributed by atoms with E-state index in [0.29, 0.717) is 18.2 Å². The first-order chi connectivity index (χ1) is 8.17.